The van der Waals surface area contributed by atoms with Gasteiger partial charge in [0.15, 0.2) is 5.82 Å². The molecule has 0 saturated heterocycles. The van der Waals surface area contributed by atoms with Gasteiger partial charge in [-0.3, -0.25) is 14.3 Å². The maximum atomic E-state index is 12.7. The molecule has 0 bridgehead atoms. The molecule has 0 spiro atoms. The summed E-state index contributed by atoms with van der Waals surface area (Å²) in [7, 11) is 1.82. The van der Waals surface area contributed by atoms with Gasteiger partial charge in [-0.2, -0.15) is 4.98 Å². The van der Waals surface area contributed by atoms with Gasteiger partial charge in [-0.15, -0.1) is 13.2 Å². The number of carbonyl (C=O) groups excluding carboxylic acids is 1. The van der Waals surface area contributed by atoms with Gasteiger partial charge in [-0.25, -0.2) is 0 Å². The number of alkyl halides is 3. The van der Waals surface area contributed by atoms with Gasteiger partial charge < -0.3 is 19.7 Å². The second kappa shape index (κ2) is 11.9. The van der Waals surface area contributed by atoms with E-state index in [4.69, 9.17) is 16.3 Å². The molecule has 2 aromatic heterocycles. The summed E-state index contributed by atoms with van der Waals surface area (Å²) in [4.78, 5) is 21.8. The Morgan fingerprint density at radius 1 is 1.10 bits per heavy atom. The van der Waals surface area contributed by atoms with E-state index >= 15 is 0 Å². The van der Waals surface area contributed by atoms with E-state index in [-0.39, 0.29) is 24.1 Å². The predicted octanol–water partition coefficient (Wildman–Crippen LogP) is 6.34. The molecule has 0 unspecified atom stereocenters. The van der Waals surface area contributed by atoms with E-state index < -0.39 is 12.1 Å². The van der Waals surface area contributed by atoms with E-state index in [9.17, 15) is 18.0 Å². The summed E-state index contributed by atoms with van der Waals surface area (Å²) >= 11 is 6.05. The topological polar surface area (TPSA) is 81.5 Å². The van der Waals surface area contributed by atoms with Crippen LogP contribution in [0.1, 0.15) is 16.8 Å². The SMILES string of the molecule is C=C(c1c(NC=O)nc(Oc2cccc(OC(F)(F)F)c2)n1Cc1ccc(Cl)cc1)N(C)Cc1ccncc1. The van der Waals surface area contributed by atoms with Gasteiger partial charge in [0, 0.05) is 37.1 Å². The Hall–Kier alpha value is -4.51. The molecular formula is C27H23ClF3N5O3. The number of halogens is 4. The van der Waals surface area contributed by atoms with Gasteiger partial charge in [-0.05, 0) is 47.5 Å². The number of nitrogens with one attached hydrogen (secondary N) is 1. The highest BCUT2D eigenvalue weighted by Crippen LogP contribution is 2.35. The van der Waals surface area contributed by atoms with Crippen molar-refractivity contribution in [2.45, 2.75) is 19.5 Å². The predicted molar refractivity (Wildman–Crippen MR) is 140 cm³/mol. The average molecular weight is 558 g/mol. The standard InChI is InChI=1S/C27H23ClF3N5O3/c1-18(35(2)15-20-10-12-32-13-11-20)24-25(33-17-37)34-26(36(24)16-19-6-8-21(28)9-7-19)38-22-4-3-5-23(14-22)39-27(29,30)31/h3-14,17H,1,15-16H2,2H3,(H,33,37). The average Bonchev–Trinajstić information content (AvgIpc) is 3.21. The second-order valence-corrected chi connectivity index (χ2v) is 8.79. The fourth-order valence-electron chi connectivity index (χ4n) is 3.76. The molecule has 0 aliphatic carbocycles. The number of amides is 1. The molecule has 202 valence electrons. The highest BCUT2D eigenvalue weighted by Gasteiger charge is 2.31. The second-order valence-electron chi connectivity index (χ2n) is 8.35. The summed E-state index contributed by atoms with van der Waals surface area (Å²) in [5.41, 5.74) is 2.73. The molecule has 1 N–H and O–H groups in total. The van der Waals surface area contributed by atoms with Gasteiger partial charge in [0.1, 0.15) is 17.2 Å². The van der Waals surface area contributed by atoms with Crippen LogP contribution in [0.3, 0.4) is 0 Å². The third-order valence-electron chi connectivity index (χ3n) is 5.53. The molecule has 0 aliphatic rings. The third kappa shape index (κ3) is 7.29. The molecule has 0 atom stereocenters. The number of carbonyl (C=O) groups is 1. The molecule has 12 heteroatoms. The van der Waals surface area contributed by atoms with Crippen LogP contribution in [0.4, 0.5) is 19.0 Å². The lowest BCUT2D eigenvalue weighted by molar-refractivity contribution is -0.274. The van der Waals surface area contributed by atoms with Crippen molar-refractivity contribution < 1.29 is 27.4 Å². The number of hydrogen-bond donors (Lipinski definition) is 1. The zero-order valence-corrected chi connectivity index (χ0v) is 21.4. The molecule has 4 rings (SSSR count). The van der Waals surface area contributed by atoms with Gasteiger partial charge in [0.2, 0.25) is 6.41 Å². The number of anilines is 1. The van der Waals surface area contributed by atoms with Crippen LogP contribution in [0, 0.1) is 0 Å². The number of ether oxygens (including phenoxy) is 2. The molecular weight excluding hydrogens is 535 g/mol. The van der Waals surface area contributed by atoms with Crippen LogP contribution in [0.25, 0.3) is 5.70 Å². The molecule has 2 heterocycles. The molecule has 2 aromatic carbocycles. The van der Waals surface area contributed by atoms with Crippen molar-refractivity contribution in [2.24, 2.45) is 0 Å². The Morgan fingerprint density at radius 3 is 2.46 bits per heavy atom. The summed E-state index contributed by atoms with van der Waals surface area (Å²) in [5, 5.41) is 3.12. The van der Waals surface area contributed by atoms with Crippen LogP contribution in [-0.4, -0.2) is 39.3 Å². The van der Waals surface area contributed by atoms with Crippen molar-refractivity contribution in [3.63, 3.8) is 0 Å². The fourth-order valence-corrected chi connectivity index (χ4v) is 3.88. The van der Waals surface area contributed by atoms with Crippen molar-refractivity contribution in [3.8, 4) is 17.5 Å². The summed E-state index contributed by atoms with van der Waals surface area (Å²) in [6.45, 7) is 4.92. The molecule has 1 amide bonds. The van der Waals surface area contributed by atoms with Crippen LogP contribution in [0.15, 0.2) is 79.6 Å². The quantitative estimate of drug-likeness (QED) is 0.217. The van der Waals surface area contributed by atoms with Crippen LogP contribution < -0.4 is 14.8 Å². The van der Waals surface area contributed by atoms with Crippen molar-refractivity contribution >= 4 is 29.5 Å². The lowest BCUT2D eigenvalue weighted by Gasteiger charge is -2.24. The highest BCUT2D eigenvalue weighted by molar-refractivity contribution is 6.30. The molecule has 8 nitrogen and oxygen atoms in total. The lowest BCUT2D eigenvalue weighted by Crippen LogP contribution is -2.19. The first-order chi connectivity index (χ1) is 18.6. The summed E-state index contributed by atoms with van der Waals surface area (Å²) in [6.07, 6.45) is -1.04. The number of pyridine rings is 1. The van der Waals surface area contributed by atoms with Crippen LogP contribution in [0.2, 0.25) is 5.02 Å². The van der Waals surface area contributed by atoms with Gasteiger partial charge in [0.05, 0.1) is 12.2 Å². The van der Waals surface area contributed by atoms with E-state index in [1.165, 1.54) is 12.1 Å². The first kappa shape index (κ1) is 27.5. The number of benzene rings is 2. The monoisotopic (exact) mass is 557 g/mol. The summed E-state index contributed by atoms with van der Waals surface area (Å²) < 4.78 is 49.8. The maximum absolute atomic E-state index is 12.7. The molecule has 4 aromatic rings. The van der Waals surface area contributed by atoms with Crippen LogP contribution >= 0.6 is 11.6 Å². The zero-order valence-electron chi connectivity index (χ0n) is 20.7. The maximum Gasteiger partial charge on any atom is 0.573 e. The zero-order chi connectivity index (χ0) is 28.0. The first-order valence-electron chi connectivity index (χ1n) is 11.5. The van der Waals surface area contributed by atoms with Crippen molar-refractivity contribution in [1.82, 2.24) is 19.4 Å². The van der Waals surface area contributed by atoms with Gasteiger partial charge in [-0.1, -0.05) is 36.4 Å². The normalized spacial score (nSPS) is 11.1. The van der Waals surface area contributed by atoms with E-state index in [0.717, 1.165) is 23.3 Å². The first-order valence-corrected chi connectivity index (χ1v) is 11.9. The lowest BCUT2D eigenvalue weighted by atomic mass is 10.2. The molecule has 0 aliphatic heterocycles. The Labute approximate surface area is 227 Å². The minimum Gasteiger partial charge on any atom is -0.425 e. The molecule has 0 fully saturated rings. The summed E-state index contributed by atoms with van der Waals surface area (Å²) in [5.74, 6) is -0.258. The molecule has 0 radical (unpaired) electrons. The summed E-state index contributed by atoms with van der Waals surface area (Å²) in [6, 6.07) is 15.9. The van der Waals surface area contributed by atoms with Gasteiger partial charge >= 0.3 is 12.4 Å². The highest BCUT2D eigenvalue weighted by atomic mass is 35.5. The molecule has 0 saturated carbocycles. The van der Waals surface area contributed by atoms with Crippen molar-refractivity contribution in [3.05, 3.63) is 101 Å². The van der Waals surface area contributed by atoms with Crippen molar-refractivity contribution in [1.29, 1.82) is 0 Å². The smallest absolute Gasteiger partial charge is 0.425 e. The van der Waals surface area contributed by atoms with Crippen LogP contribution in [0.5, 0.6) is 17.5 Å². The Morgan fingerprint density at radius 2 is 1.79 bits per heavy atom. The third-order valence-corrected chi connectivity index (χ3v) is 5.79. The fraction of sp³-hybridized carbons (Fsp3) is 0.148. The van der Waals surface area contributed by atoms with Gasteiger partial charge in [0.25, 0.3) is 0 Å². The Kier molecular flexibility index (Phi) is 8.40. The number of nitrogens with zero attached hydrogens (tertiary/aromatic N) is 4. The van der Waals surface area contributed by atoms with E-state index in [1.807, 2.05) is 36.2 Å². The van der Waals surface area contributed by atoms with E-state index in [2.05, 4.69) is 26.6 Å². The van der Waals surface area contributed by atoms with Crippen LogP contribution in [-0.2, 0) is 17.9 Å². The van der Waals surface area contributed by atoms with E-state index in [0.29, 0.717) is 29.4 Å². The number of aromatic nitrogens is 3. The Balaban J connectivity index is 1.75. The Bertz CT molecular complexity index is 1440. The minimum atomic E-state index is -4.86. The number of hydrogen-bond acceptors (Lipinski definition) is 6. The largest absolute Gasteiger partial charge is 0.573 e. The number of rotatable bonds is 11. The van der Waals surface area contributed by atoms with Crippen molar-refractivity contribution in [2.75, 3.05) is 12.4 Å². The minimum absolute atomic E-state index is 0.00641. The number of imidazole rings is 1. The van der Waals surface area contributed by atoms with E-state index in [1.54, 1.807) is 29.1 Å². The molecule has 39 heavy (non-hydrogen) atoms.